The second kappa shape index (κ2) is 13.5. The van der Waals surface area contributed by atoms with E-state index in [1.54, 1.807) is 17.5 Å². The summed E-state index contributed by atoms with van der Waals surface area (Å²) in [5, 5.41) is 5.53. The summed E-state index contributed by atoms with van der Waals surface area (Å²) >= 11 is 1.74. The zero-order valence-electron chi connectivity index (χ0n) is 26.1. The number of pyridine rings is 2. The third kappa shape index (κ3) is 5.94. The quantitative estimate of drug-likeness (QED) is 0.167. The van der Waals surface area contributed by atoms with Crippen LogP contribution in [0, 0.1) is 26.0 Å². The van der Waals surface area contributed by atoms with Crippen molar-refractivity contribution in [2.75, 3.05) is 0 Å². The van der Waals surface area contributed by atoms with Crippen LogP contribution in [-0.2, 0) is 20.1 Å². The molecule has 229 valence electrons. The van der Waals surface area contributed by atoms with E-state index < -0.39 is 0 Å². The van der Waals surface area contributed by atoms with Crippen LogP contribution in [0.15, 0.2) is 119 Å². The van der Waals surface area contributed by atoms with Gasteiger partial charge in [-0.2, -0.15) is 0 Å². The molecule has 8 aromatic rings. The molecule has 1 radical (unpaired) electrons. The van der Waals surface area contributed by atoms with Gasteiger partial charge >= 0.3 is 0 Å². The van der Waals surface area contributed by atoms with Crippen molar-refractivity contribution in [1.29, 1.82) is 0 Å². The van der Waals surface area contributed by atoms with E-state index in [1.165, 1.54) is 37.9 Å². The molecule has 0 amide bonds. The predicted molar refractivity (Wildman–Crippen MR) is 189 cm³/mol. The second-order valence-corrected chi connectivity index (χ2v) is 12.5. The minimum Gasteiger partial charge on any atom is -0.500 e. The number of thiophene rings is 1. The Labute approximate surface area is 287 Å². The van der Waals surface area contributed by atoms with Crippen LogP contribution in [0.3, 0.4) is 0 Å². The Morgan fingerprint density at radius 3 is 2.26 bits per heavy atom. The van der Waals surface area contributed by atoms with Crippen LogP contribution >= 0.6 is 11.3 Å². The van der Waals surface area contributed by atoms with E-state index in [0.717, 1.165) is 44.5 Å². The molecule has 0 fully saturated rings. The van der Waals surface area contributed by atoms with Gasteiger partial charge in [-0.15, -0.1) is 65.4 Å². The van der Waals surface area contributed by atoms with Crippen LogP contribution in [0.25, 0.3) is 65.7 Å². The molecule has 0 unspecified atom stereocenters. The minimum atomic E-state index is 0. The number of rotatable bonds is 4. The molecule has 46 heavy (non-hydrogen) atoms. The Morgan fingerprint density at radius 2 is 1.52 bits per heavy atom. The first-order valence-corrected chi connectivity index (χ1v) is 16.1. The van der Waals surface area contributed by atoms with E-state index in [-0.39, 0.29) is 20.1 Å². The molecule has 0 aliphatic rings. The molecule has 0 aliphatic carbocycles. The summed E-state index contributed by atoms with van der Waals surface area (Å²) in [6, 6.07) is 39.5. The third-order valence-corrected chi connectivity index (χ3v) is 9.12. The molecule has 0 N–H and O–H groups in total. The van der Waals surface area contributed by atoms with Gasteiger partial charge in [0, 0.05) is 48.0 Å². The topological polar surface area (TPSA) is 38.9 Å². The smallest absolute Gasteiger partial charge is 0.129 e. The van der Waals surface area contributed by atoms with Crippen LogP contribution in [0.1, 0.15) is 36.5 Å². The summed E-state index contributed by atoms with van der Waals surface area (Å²) in [6.07, 6.45) is 3.82. The predicted octanol–water partition coefficient (Wildman–Crippen LogP) is 11.6. The van der Waals surface area contributed by atoms with Crippen molar-refractivity contribution < 1.29 is 24.5 Å². The number of fused-ring (bicyclic) bond motifs is 5. The van der Waals surface area contributed by atoms with E-state index in [2.05, 4.69) is 98.7 Å². The fraction of sp³-hybridized carbons (Fsp3) is 0.122. The van der Waals surface area contributed by atoms with Gasteiger partial charge in [0.2, 0.25) is 0 Å². The van der Waals surface area contributed by atoms with E-state index in [4.69, 9.17) is 9.40 Å². The molecule has 4 aromatic carbocycles. The molecule has 5 heteroatoms. The summed E-state index contributed by atoms with van der Waals surface area (Å²) in [7, 11) is 0. The average molecular weight is 793 g/mol. The molecule has 4 aromatic heterocycles. The number of hydrogen-bond donors (Lipinski definition) is 0. The third-order valence-electron chi connectivity index (χ3n) is 8.24. The van der Waals surface area contributed by atoms with Crippen LogP contribution in [0.2, 0.25) is 0 Å². The van der Waals surface area contributed by atoms with Crippen molar-refractivity contribution in [1.82, 2.24) is 9.97 Å². The Morgan fingerprint density at radius 1 is 0.717 bits per heavy atom. The molecule has 3 nitrogen and oxygen atoms in total. The van der Waals surface area contributed by atoms with Gasteiger partial charge < -0.3 is 14.4 Å². The Balaban J connectivity index is 0.000000241. The summed E-state index contributed by atoms with van der Waals surface area (Å²) in [5.41, 5.74) is 12.0. The van der Waals surface area contributed by atoms with Crippen molar-refractivity contribution in [2.24, 2.45) is 0 Å². The zero-order valence-corrected chi connectivity index (χ0v) is 29.3. The molecule has 0 bridgehead atoms. The van der Waals surface area contributed by atoms with Gasteiger partial charge in [0.25, 0.3) is 0 Å². The Kier molecular flexibility index (Phi) is 9.28. The van der Waals surface area contributed by atoms with Crippen molar-refractivity contribution >= 4 is 43.4 Å². The summed E-state index contributed by atoms with van der Waals surface area (Å²) in [4.78, 5) is 9.12. The molecular formula is C41H32IrN2OS-2. The summed E-state index contributed by atoms with van der Waals surface area (Å²) in [5.74, 6) is 0.374. The summed E-state index contributed by atoms with van der Waals surface area (Å²) in [6.45, 7) is 8.83. The van der Waals surface area contributed by atoms with Crippen molar-refractivity contribution in [2.45, 2.75) is 33.6 Å². The number of nitrogens with zero attached hydrogens (tertiary/aromatic N) is 2. The Hall–Kier alpha value is -4.41. The van der Waals surface area contributed by atoms with Crippen molar-refractivity contribution in [3.8, 4) is 33.6 Å². The summed E-state index contributed by atoms with van der Waals surface area (Å²) < 4.78 is 7.76. The van der Waals surface area contributed by atoms with Gasteiger partial charge in [0.1, 0.15) is 5.58 Å². The molecular weight excluding hydrogens is 761 g/mol. The van der Waals surface area contributed by atoms with E-state index in [1.807, 2.05) is 54.7 Å². The van der Waals surface area contributed by atoms with Gasteiger partial charge in [-0.1, -0.05) is 67.3 Å². The molecule has 0 aliphatic heterocycles. The maximum atomic E-state index is 6.52. The van der Waals surface area contributed by atoms with Crippen LogP contribution < -0.4 is 0 Å². The number of hydrogen-bond acceptors (Lipinski definition) is 4. The van der Waals surface area contributed by atoms with Crippen molar-refractivity contribution in [3.05, 3.63) is 144 Å². The standard InChI is InChI=1S/C30H24NOS.C11H8N.Ir/c1-17(2)25-16-31-26(15-24(25)28-18(3)7-5-8-19(28)4)22-10-6-9-20-21-11-12-27-23(13-14-33-27)30(21)32-29(20)22;1-2-6-10(7-3-1)11-8-4-5-9-12-11;/h5-9,11-17H,1-4H3;1-6,8-9H;/q2*-1;. The van der Waals surface area contributed by atoms with Crippen LogP contribution in [-0.4, -0.2) is 9.97 Å². The normalized spacial score (nSPS) is 11.1. The maximum absolute atomic E-state index is 6.52. The monoisotopic (exact) mass is 793 g/mol. The number of aryl methyl sites for hydroxylation is 2. The van der Waals surface area contributed by atoms with E-state index >= 15 is 0 Å². The molecule has 8 rings (SSSR count). The molecule has 0 spiro atoms. The first-order valence-electron chi connectivity index (χ1n) is 15.2. The minimum absolute atomic E-state index is 0. The fourth-order valence-electron chi connectivity index (χ4n) is 6.03. The van der Waals surface area contributed by atoms with Crippen LogP contribution in [0.4, 0.5) is 0 Å². The fourth-order valence-corrected chi connectivity index (χ4v) is 6.81. The molecule has 0 saturated carbocycles. The number of aromatic nitrogens is 2. The molecule has 0 saturated heterocycles. The number of benzene rings is 4. The van der Waals surface area contributed by atoms with Gasteiger partial charge in [-0.05, 0) is 82.5 Å². The van der Waals surface area contributed by atoms with Gasteiger partial charge in [0.05, 0.1) is 5.58 Å². The van der Waals surface area contributed by atoms with E-state index in [0.29, 0.717) is 5.92 Å². The van der Waals surface area contributed by atoms with Crippen LogP contribution in [0.5, 0.6) is 0 Å². The average Bonchev–Trinajstić information content (AvgIpc) is 3.71. The van der Waals surface area contributed by atoms with E-state index in [9.17, 15) is 0 Å². The Bertz CT molecular complexity index is 2210. The molecule has 4 heterocycles. The first-order chi connectivity index (χ1) is 22.0. The molecule has 0 atom stereocenters. The van der Waals surface area contributed by atoms with Gasteiger partial charge in [-0.3, -0.25) is 0 Å². The largest absolute Gasteiger partial charge is 0.500 e. The SMILES string of the molecule is Cc1cccc(C)c1-c1cc(-c2[c-]ccc3c2oc2c4ccsc4ccc32)ncc1C(C)C.[Ir].[c-]1ccccc1-c1ccccn1. The second-order valence-electron chi connectivity index (χ2n) is 11.5. The van der Waals surface area contributed by atoms with Gasteiger partial charge in [-0.25, -0.2) is 0 Å². The maximum Gasteiger partial charge on any atom is 0.129 e. The van der Waals surface area contributed by atoms with Crippen molar-refractivity contribution in [3.63, 3.8) is 0 Å². The zero-order chi connectivity index (χ0) is 30.9. The van der Waals surface area contributed by atoms with Gasteiger partial charge in [0.15, 0.2) is 0 Å². The first kappa shape index (κ1) is 31.6. The number of furan rings is 1.